The van der Waals surface area contributed by atoms with Crippen molar-refractivity contribution in [1.82, 2.24) is 9.88 Å². The van der Waals surface area contributed by atoms with Crippen LogP contribution in [-0.4, -0.2) is 50.8 Å². The topological polar surface area (TPSA) is 82.9 Å². The summed E-state index contributed by atoms with van der Waals surface area (Å²) in [6.45, 7) is 2.54. The first-order chi connectivity index (χ1) is 14.4. The first-order valence-corrected chi connectivity index (χ1v) is 13.5. The number of likely N-dealkylation sites (tertiary alicyclic amines) is 1. The molecule has 1 saturated heterocycles. The number of amides is 1. The molecule has 2 aliphatic carbocycles. The molecule has 6 nitrogen and oxygen atoms in total. The number of rotatable bonds is 8. The van der Waals surface area contributed by atoms with E-state index >= 15 is 0 Å². The maximum atomic E-state index is 12.5. The van der Waals surface area contributed by atoms with Gasteiger partial charge in [-0.1, -0.05) is 12.8 Å². The molecule has 3 aliphatic rings. The molecule has 3 fully saturated rings. The third-order valence-corrected chi connectivity index (χ3v) is 8.44. The van der Waals surface area contributed by atoms with E-state index in [0.717, 1.165) is 56.5 Å². The van der Waals surface area contributed by atoms with Gasteiger partial charge in [-0.25, -0.2) is 4.98 Å². The zero-order chi connectivity index (χ0) is 21.1. The quantitative estimate of drug-likeness (QED) is 0.596. The summed E-state index contributed by atoms with van der Waals surface area (Å²) in [5.41, 5.74) is 0. The summed E-state index contributed by atoms with van der Waals surface area (Å²) >= 11 is 0. The molecule has 4 rings (SSSR count). The summed E-state index contributed by atoms with van der Waals surface area (Å²) in [6.07, 6.45) is 13.4. The first-order valence-electron chi connectivity index (χ1n) is 11.5. The minimum atomic E-state index is -2.72. The number of aromatic nitrogens is 1. The Morgan fingerprint density at radius 2 is 1.93 bits per heavy atom. The molecule has 0 spiro atoms. The van der Waals surface area contributed by atoms with Crippen LogP contribution in [0.4, 0.5) is 0 Å². The molecule has 2 saturated carbocycles. The highest BCUT2D eigenvalue weighted by molar-refractivity contribution is 8.23. The lowest BCUT2D eigenvalue weighted by Crippen LogP contribution is -2.39. The van der Waals surface area contributed by atoms with Crippen molar-refractivity contribution in [2.24, 2.45) is 23.7 Å². The molecule has 30 heavy (non-hydrogen) atoms. The largest absolute Gasteiger partial charge is 0.478 e. The second kappa shape index (κ2) is 9.45. The van der Waals surface area contributed by atoms with Crippen LogP contribution in [0.15, 0.2) is 23.2 Å². The zero-order valence-corrected chi connectivity index (χ0v) is 18.9. The number of pyridine rings is 1. The molecule has 7 heteroatoms. The molecule has 0 bridgehead atoms. The summed E-state index contributed by atoms with van der Waals surface area (Å²) in [4.78, 5) is 19.3. The van der Waals surface area contributed by atoms with Gasteiger partial charge >= 0.3 is 0 Å². The van der Waals surface area contributed by atoms with Gasteiger partial charge in [0.25, 0.3) is 0 Å². The molecule has 0 unspecified atom stereocenters. The van der Waals surface area contributed by atoms with E-state index in [1.54, 1.807) is 12.1 Å². The smallest absolute Gasteiger partial charge is 0.222 e. The fourth-order valence-corrected chi connectivity index (χ4v) is 5.92. The molecule has 1 aromatic rings. The normalized spacial score (nSPS) is 26.0. The first kappa shape index (κ1) is 21.9. The van der Waals surface area contributed by atoms with Crippen LogP contribution in [0, 0.1) is 23.7 Å². The molecule has 2 atom stereocenters. The highest BCUT2D eigenvalue weighted by atomic mass is 32.3. The van der Waals surface area contributed by atoms with Crippen LogP contribution < -0.4 is 4.74 Å². The fraction of sp³-hybridized carbons (Fsp3) is 0.739. The Balaban J connectivity index is 1.12. The van der Waals surface area contributed by atoms with Crippen molar-refractivity contribution in [3.8, 4) is 5.88 Å². The van der Waals surface area contributed by atoms with E-state index in [1.807, 2.05) is 0 Å². The van der Waals surface area contributed by atoms with E-state index < -0.39 is 10.6 Å². The number of piperidine rings is 1. The van der Waals surface area contributed by atoms with E-state index in [-0.39, 0.29) is 0 Å². The molecule has 1 amide bonds. The third kappa shape index (κ3) is 5.68. The van der Waals surface area contributed by atoms with Crippen LogP contribution in [-0.2, 0) is 4.79 Å². The van der Waals surface area contributed by atoms with Crippen molar-refractivity contribution < 1.29 is 18.6 Å². The van der Waals surface area contributed by atoms with E-state index in [4.69, 9.17) is 4.74 Å². The predicted molar refractivity (Wildman–Crippen MR) is 119 cm³/mol. The molecule has 1 aliphatic heterocycles. The third-order valence-electron chi connectivity index (χ3n) is 7.31. The van der Waals surface area contributed by atoms with Crippen LogP contribution in [0.3, 0.4) is 0 Å². The summed E-state index contributed by atoms with van der Waals surface area (Å²) in [6, 6.07) is 3.37. The summed E-state index contributed by atoms with van der Waals surface area (Å²) in [7, 11) is -2.72. The molecular weight excluding hydrogens is 400 g/mol. The van der Waals surface area contributed by atoms with E-state index in [1.165, 1.54) is 44.6 Å². The van der Waals surface area contributed by atoms with Crippen LogP contribution in [0.2, 0.25) is 0 Å². The van der Waals surface area contributed by atoms with Crippen molar-refractivity contribution in [3.63, 3.8) is 0 Å². The second-order valence-electron chi connectivity index (χ2n) is 9.54. The van der Waals surface area contributed by atoms with E-state index in [0.29, 0.717) is 29.2 Å². The maximum Gasteiger partial charge on any atom is 0.222 e. The molecular formula is C23H36N2O4S. The highest BCUT2D eigenvalue weighted by Crippen LogP contribution is 2.50. The Hall–Kier alpha value is -1.31. The number of carbonyl (C=O) groups excluding carboxylic acids is 1. The van der Waals surface area contributed by atoms with Gasteiger partial charge in [0.2, 0.25) is 11.8 Å². The second-order valence-corrected chi connectivity index (χ2v) is 11.7. The molecule has 1 aromatic heterocycles. The van der Waals surface area contributed by atoms with Gasteiger partial charge in [-0.2, -0.15) is 10.6 Å². The maximum absolute atomic E-state index is 12.5. The Kier molecular flexibility index (Phi) is 6.90. The van der Waals surface area contributed by atoms with Crippen molar-refractivity contribution in [2.45, 2.75) is 62.7 Å². The number of carbonyl (C=O) groups is 1. The van der Waals surface area contributed by atoms with Gasteiger partial charge in [0.1, 0.15) is 0 Å². The predicted octanol–water partition coefficient (Wildman–Crippen LogP) is 5.04. The van der Waals surface area contributed by atoms with E-state index in [9.17, 15) is 13.9 Å². The number of ether oxygens (including phenoxy) is 1. The summed E-state index contributed by atoms with van der Waals surface area (Å²) < 4.78 is 25.0. The molecule has 0 radical (unpaired) electrons. The van der Waals surface area contributed by atoms with Gasteiger partial charge in [-0.05, 0) is 68.3 Å². The lowest BCUT2D eigenvalue weighted by molar-refractivity contribution is -0.133. The molecule has 2 N–H and O–H groups in total. The number of nitrogens with zero attached hydrogens (tertiary/aromatic N) is 2. The van der Waals surface area contributed by atoms with Crippen LogP contribution >= 0.6 is 10.6 Å². The van der Waals surface area contributed by atoms with Gasteiger partial charge < -0.3 is 9.64 Å². The van der Waals surface area contributed by atoms with Gasteiger partial charge in [0.05, 0.1) is 17.7 Å². The summed E-state index contributed by atoms with van der Waals surface area (Å²) in [5, 5.41) is 0. The number of hydrogen-bond donors (Lipinski definition) is 2. The standard InChI is InChI=1S/C23H36N2O4S/c1-30(27,28)20-6-7-22(24-16-20)29-13-10-19-15-21(19)18-8-11-25(12-9-18)23(26)14-17-4-2-3-5-17/h6-7,16-19,21,27-28H,2-5,8-15H2,1H3/t19-,21-/m1/s1. The SMILES string of the molecule is CS(O)(O)c1ccc(OCC[C@@H]2C[C@@H]2C2CCN(C(=O)CC3CCCC3)CC2)nc1. The Labute approximate surface area is 181 Å². The van der Waals surface area contributed by atoms with Gasteiger partial charge in [-0.15, -0.1) is 0 Å². The average molecular weight is 437 g/mol. The average Bonchev–Trinajstić information content (AvgIpc) is 3.31. The molecule has 168 valence electrons. The van der Waals surface area contributed by atoms with Crippen molar-refractivity contribution in [1.29, 1.82) is 0 Å². The minimum absolute atomic E-state index is 0.393. The monoisotopic (exact) mass is 436 g/mol. The highest BCUT2D eigenvalue weighted by Gasteiger charge is 2.43. The van der Waals surface area contributed by atoms with E-state index in [2.05, 4.69) is 9.88 Å². The van der Waals surface area contributed by atoms with Crippen molar-refractivity contribution in [2.75, 3.05) is 26.0 Å². The van der Waals surface area contributed by atoms with Gasteiger partial charge in [0, 0.05) is 31.8 Å². The summed E-state index contributed by atoms with van der Waals surface area (Å²) in [5.74, 6) is 3.86. The number of hydrogen-bond acceptors (Lipinski definition) is 5. The van der Waals surface area contributed by atoms with Gasteiger partial charge in [-0.3, -0.25) is 13.9 Å². The lowest BCUT2D eigenvalue weighted by Gasteiger charge is -2.33. The Morgan fingerprint density at radius 1 is 1.20 bits per heavy atom. The molecule has 0 aromatic carbocycles. The van der Waals surface area contributed by atoms with Gasteiger partial charge in [0.15, 0.2) is 0 Å². The van der Waals surface area contributed by atoms with Crippen LogP contribution in [0.5, 0.6) is 5.88 Å². The van der Waals surface area contributed by atoms with Crippen LogP contribution in [0.25, 0.3) is 0 Å². The van der Waals surface area contributed by atoms with Crippen LogP contribution in [0.1, 0.15) is 57.8 Å². The van der Waals surface area contributed by atoms with Crippen molar-refractivity contribution >= 4 is 16.5 Å². The Morgan fingerprint density at radius 3 is 2.57 bits per heavy atom. The zero-order valence-electron chi connectivity index (χ0n) is 18.0. The van der Waals surface area contributed by atoms with Crippen molar-refractivity contribution in [3.05, 3.63) is 18.3 Å². The minimum Gasteiger partial charge on any atom is -0.478 e. The fourth-order valence-electron chi connectivity index (χ4n) is 5.34. The molecule has 2 heterocycles. The Bertz CT molecular complexity index is 707. The lowest BCUT2D eigenvalue weighted by atomic mass is 9.90.